The zero-order valence-corrected chi connectivity index (χ0v) is 21.7. The molecule has 1 atom stereocenters. The number of carbonyl (C=O) groups excluding carboxylic acids is 1. The van der Waals surface area contributed by atoms with Crippen LogP contribution < -0.4 is 10.5 Å². The van der Waals surface area contributed by atoms with Crippen molar-refractivity contribution in [3.63, 3.8) is 0 Å². The number of nitrogen functional groups attached to an aromatic ring is 1. The minimum absolute atomic E-state index is 0.0448. The summed E-state index contributed by atoms with van der Waals surface area (Å²) in [5.74, 6) is 0.246. The normalized spacial score (nSPS) is 19.2. The van der Waals surface area contributed by atoms with Crippen LogP contribution in [0.15, 0.2) is 43.2 Å². The average Bonchev–Trinajstić information content (AvgIpc) is 3.33. The van der Waals surface area contributed by atoms with E-state index in [1.54, 1.807) is 4.90 Å². The van der Waals surface area contributed by atoms with Crippen LogP contribution in [-0.2, 0) is 21.4 Å². The average molecular weight is 524 g/mol. The number of nitrogens with zero attached hydrogens (tertiary/aromatic N) is 5. The van der Waals surface area contributed by atoms with Crippen molar-refractivity contribution < 1.29 is 13.2 Å². The van der Waals surface area contributed by atoms with E-state index in [1.165, 1.54) is 12.4 Å². The molecule has 1 saturated heterocycles. The zero-order chi connectivity index (χ0) is 26.0. The number of anilines is 1. The monoisotopic (exact) mass is 523 g/mol. The number of rotatable bonds is 7. The lowest BCUT2D eigenvalue weighted by Crippen LogP contribution is -2.40. The van der Waals surface area contributed by atoms with Gasteiger partial charge < -0.3 is 10.6 Å². The van der Waals surface area contributed by atoms with Crippen molar-refractivity contribution in [1.82, 2.24) is 29.4 Å². The fourth-order valence-corrected chi connectivity index (χ4v) is 6.95. The Morgan fingerprint density at radius 2 is 1.86 bits per heavy atom. The molecule has 1 aliphatic carbocycles. The molecule has 2 fully saturated rings. The second-order valence-corrected chi connectivity index (χ2v) is 11.9. The number of nitrogens with two attached hydrogens (primary N) is 1. The number of piperidine rings is 1. The van der Waals surface area contributed by atoms with Crippen LogP contribution in [0.25, 0.3) is 22.3 Å². The minimum Gasteiger partial charge on any atom is -0.383 e. The summed E-state index contributed by atoms with van der Waals surface area (Å²) in [6.07, 6.45) is 8.99. The predicted octanol–water partition coefficient (Wildman–Crippen LogP) is 3.18. The van der Waals surface area contributed by atoms with Gasteiger partial charge in [-0.3, -0.25) is 4.79 Å². The van der Waals surface area contributed by atoms with E-state index in [4.69, 9.17) is 10.8 Å². The van der Waals surface area contributed by atoms with Crippen LogP contribution in [0.1, 0.15) is 56.6 Å². The van der Waals surface area contributed by atoms with E-state index in [0.717, 1.165) is 56.1 Å². The second kappa shape index (κ2) is 10.6. The molecule has 196 valence electrons. The maximum Gasteiger partial charge on any atom is 0.246 e. The van der Waals surface area contributed by atoms with Crippen LogP contribution in [0.2, 0.25) is 0 Å². The number of carbonyl (C=O) groups is 1. The van der Waals surface area contributed by atoms with Gasteiger partial charge in [0, 0.05) is 25.2 Å². The number of benzene rings is 1. The summed E-state index contributed by atoms with van der Waals surface area (Å²) < 4.78 is 30.0. The molecule has 0 bridgehead atoms. The first kappa shape index (κ1) is 25.3. The Bertz CT molecular complexity index is 1400. The van der Waals surface area contributed by atoms with Crippen LogP contribution in [0, 0.1) is 0 Å². The molecule has 1 amide bonds. The van der Waals surface area contributed by atoms with Gasteiger partial charge in [0.15, 0.2) is 5.65 Å². The van der Waals surface area contributed by atoms with Gasteiger partial charge in [0.05, 0.1) is 16.7 Å². The topological polar surface area (TPSA) is 136 Å². The first-order valence-electron chi connectivity index (χ1n) is 12.8. The lowest BCUT2D eigenvalue weighted by molar-refractivity contribution is -0.127. The number of amides is 1. The summed E-state index contributed by atoms with van der Waals surface area (Å²) in [5.41, 5.74) is 9.26. The molecule has 5 rings (SSSR count). The third kappa shape index (κ3) is 5.24. The lowest BCUT2D eigenvalue weighted by atomic mass is 10.0. The Kier molecular flexibility index (Phi) is 7.25. The van der Waals surface area contributed by atoms with Crippen molar-refractivity contribution in [3.8, 4) is 11.3 Å². The van der Waals surface area contributed by atoms with Gasteiger partial charge in [-0.25, -0.2) is 27.8 Å². The van der Waals surface area contributed by atoms with Crippen molar-refractivity contribution >= 4 is 32.8 Å². The van der Waals surface area contributed by atoms with Crippen LogP contribution in [0.3, 0.4) is 0 Å². The summed E-state index contributed by atoms with van der Waals surface area (Å²) in [5, 5.41) is 5.27. The van der Waals surface area contributed by atoms with Crippen molar-refractivity contribution in [2.75, 3.05) is 18.8 Å². The molecule has 3 heterocycles. The molecule has 1 saturated carbocycles. The summed E-state index contributed by atoms with van der Waals surface area (Å²) in [6.45, 7) is 5.06. The molecule has 3 aromatic rings. The zero-order valence-electron chi connectivity index (χ0n) is 20.8. The van der Waals surface area contributed by atoms with E-state index in [9.17, 15) is 13.2 Å². The van der Waals surface area contributed by atoms with Crippen molar-refractivity contribution in [1.29, 1.82) is 0 Å². The summed E-state index contributed by atoms with van der Waals surface area (Å²) in [6, 6.07) is 7.58. The van der Waals surface area contributed by atoms with Gasteiger partial charge in [0.25, 0.3) is 0 Å². The van der Waals surface area contributed by atoms with Crippen LogP contribution in [0.5, 0.6) is 0 Å². The number of sulfonamides is 1. The smallest absolute Gasteiger partial charge is 0.246 e. The number of hydrogen-bond donors (Lipinski definition) is 2. The maximum absolute atomic E-state index is 12.7. The Labute approximate surface area is 217 Å². The highest BCUT2D eigenvalue weighted by Crippen LogP contribution is 2.34. The molecular weight excluding hydrogens is 490 g/mol. The van der Waals surface area contributed by atoms with E-state index in [0.29, 0.717) is 35.6 Å². The van der Waals surface area contributed by atoms with Crippen LogP contribution >= 0.6 is 0 Å². The fraction of sp³-hybridized carbons (Fsp3) is 0.462. The van der Waals surface area contributed by atoms with Gasteiger partial charge in [-0.15, -0.1) is 0 Å². The number of likely N-dealkylation sites (tertiary alicyclic amines) is 1. The SMILES string of the molecule is C=CC(=O)N1CCC[C@@H](n2nc(-c3ccc(CNS(=O)(=O)C4CCCCC4)cc3)c3c(N)ncnc32)C1. The molecule has 11 heteroatoms. The predicted molar refractivity (Wildman–Crippen MR) is 143 cm³/mol. The molecule has 0 unspecified atom stereocenters. The molecule has 2 aromatic heterocycles. The second-order valence-electron chi connectivity index (χ2n) is 9.86. The van der Waals surface area contributed by atoms with Crippen molar-refractivity contribution in [2.45, 2.75) is 62.8 Å². The Morgan fingerprint density at radius 3 is 2.59 bits per heavy atom. The minimum atomic E-state index is -3.33. The Morgan fingerprint density at radius 1 is 1.11 bits per heavy atom. The number of aromatic nitrogens is 4. The van der Waals surface area contributed by atoms with Gasteiger partial charge in [-0.1, -0.05) is 50.1 Å². The summed E-state index contributed by atoms with van der Waals surface area (Å²) in [4.78, 5) is 22.7. The van der Waals surface area contributed by atoms with Gasteiger partial charge in [-0.2, -0.15) is 5.10 Å². The van der Waals surface area contributed by atoms with Crippen LogP contribution in [-0.4, -0.2) is 57.3 Å². The molecule has 0 radical (unpaired) electrons. The highest BCUT2D eigenvalue weighted by molar-refractivity contribution is 7.90. The molecule has 10 nitrogen and oxygen atoms in total. The molecule has 37 heavy (non-hydrogen) atoms. The van der Waals surface area contributed by atoms with Gasteiger partial charge in [-0.05, 0) is 37.3 Å². The van der Waals surface area contributed by atoms with E-state index in [2.05, 4.69) is 21.3 Å². The van der Waals surface area contributed by atoms with Crippen molar-refractivity contribution in [3.05, 3.63) is 48.8 Å². The highest BCUT2D eigenvalue weighted by Gasteiger charge is 2.29. The largest absolute Gasteiger partial charge is 0.383 e. The Balaban J connectivity index is 1.39. The Hall–Kier alpha value is -3.31. The molecule has 3 N–H and O–H groups in total. The number of fused-ring (bicyclic) bond motifs is 1. The quantitative estimate of drug-likeness (QED) is 0.454. The number of hydrogen-bond acceptors (Lipinski definition) is 7. The molecule has 2 aliphatic rings. The number of nitrogens with one attached hydrogen (secondary N) is 1. The van der Waals surface area contributed by atoms with E-state index >= 15 is 0 Å². The lowest BCUT2D eigenvalue weighted by Gasteiger charge is -2.32. The van der Waals surface area contributed by atoms with Crippen molar-refractivity contribution in [2.24, 2.45) is 0 Å². The third-order valence-electron chi connectivity index (χ3n) is 7.44. The highest BCUT2D eigenvalue weighted by atomic mass is 32.2. The van der Waals surface area contributed by atoms with Gasteiger partial charge in [0.1, 0.15) is 17.8 Å². The molecule has 1 aliphatic heterocycles. The fourth-order valence-electron chi connectivity index (χ4n) is 5.39. The van der Waals surface area contributed by atoms with Crippen LogP contribution in [0.4, 0.5) is 5.82 Å². The van der Waals surface area contributed by atoms with E-state index in [1.807, 2.05) is 28.9 Å². The van der Waals surface area contributed by atoms with Gasteiger partial charge in [0.2, 0.25) is 15.9 Å². The summed E-state index contributed by atoms with van der Waals surface area (Å²) >= 11 is 0. The first-order valence-corrected chi connectivity index (χ1v) is 14.4. The molecule has 1 aromatic carbocycles. The standard InChI is InChI=1S/C26H33N7O3S/c1-2-22(34)32-14-6-7-20(16-32)33-26-23(25(27)28-17-29-26)24(31-33)19-12-10-18(11-13-19)15-30-37(35,36)21-8-4-3-5-9-21/h2,10-13,17,20-21,30H,1,3-9,14-16H2,(H2,27,28,29)/t20-/m1/s1. The molecular formula is C26H33N7O3S. The molecule has 0 spiro atoms. The van der Waals surface area contributed by atoms with E-state index in [-0.39, 0.29) is 23.7 Å². The first-order chi connectivity index (χ1) is 17.9. The maximum atomic E-state index is 12.7. The summed E-state index contributed by atoms with van der Waals surface area (Å²) in [7, 11) is -3.33. The van der Waals surface area contributed by atoms with Gasteiger partial charge >= 0.3 is 0 Å². The van der Waals surface area contributed by atoms with E-state index < -0.39 is 10.0 Å². The third-order valence-corrected chi connectivity index (χ3v) is 9.34.